The number of fused-ring (bicyclic) bond motifs is 2. The Morgan fingerprint density at radius 1 is 1.27 bits per heavy atom. The lowest BCUT2D eigenvalue weighted by atomic mass is 9.93. The molecule has 3 aromatic rings. The summed E-state index contributed by atoms with van der Waals surface area (Å²) in [6.07, 6.45) is 0.799. The number of ether oxygens (including phenoxy) is 1. The molecule has 0 fully saturated rings. The van der Waals surface area contributed by atoms with Crippen LogP contribution in [-0.4, -0.2) is 40.7 Å². The number of carbonyl (C=O) groups is 1. The number of carbonyl (C=O) groups excluding carboxylic acids is 1. The molecule has 1 aliphatic rings. The SMILES string of the molecule is CCOc1ccc2cc(C(=O)N3CCc4ccccc4C3CO)[nH]c2c1. The zero-order valence-corrected chi connectivity index (χ0v) is 14.7. The number of hydrogen-bond acceptors (Lipinski definition) is 3. The van der Waals surface area contributed by atoms with E-state index in [0.29, 0.717) is 18.8 Å². The van der Waals surface area contributed by atoms with Crippen LogP contribution < -0.4 is 4.74 Å². The number of benzene rings is 2. The van der Waals surface area contributed by atoms with Crippen LogP contribution in [0.5, 0.6) is 5.75 Å². The molecule has 1 aromatic heterocycles. The molecule has 0 saturated carbocycles. The smallest absolute Gasteiger partial charge is 0.270 e. The molecular weight excluding hydrogens is 328 g/mol. The van der Waals surface area contributed by atoms with Gasteiger partial charge in [0.05, 0.1) is 19.3 Å². The van der Waals surface area contributed by atoms with Crippen LogP contribution in [0.3, 0.4) is 0 Å². The van der Waals surface area contributed by atoms with Gasteiger partial charge >= 0.3 is 0 Å². The second-order valence-corrected chi connectivity index (χ2v) is 6.51. The van der Waals surface area contributed by atoms with Crippen molar-refractivity contribution in [1.82, 2.24) is 9.88 Å². The van der Waals surface area contributed by atoms with Gasteiger partial charge in [0, 0.05) is 23.5 Å². The summed E-state index contributed by atoms with van der Waals surface area (Å²) in [7, 11) is 0. The van der Waals surface area contributed by atoms with Crippen molar-refractivity contribution < 1.29 is 14.6 Å². The van der Waals surface area contributed by atoms with Crippen LogP contribution in [0.1, 0.15) is 34.6 Å². The Hall–Kier alpha value is -2.79. The molecule has 5 nitrogen and oxygen atoms in total. The van der Waals surface area contributed by atoms with E-state index < -0.39 is 0 Å². The second kappa shape index (κ2) is 6.84. The summed E-state index contributed by atoms with van der Waals surface area (Å²) in [6, 6.07) is 15.3. The average molecular weight is 350 g/mol. The first kappa shape index (κ1) is 16.7. The molecule has 5 heteroatoms. The highest BCUT2D eigenvalue weighted by atomic mass is 16.5. The molecule has 0 aliphatic carbocycles. The van der Waals surface area contributed by atoms with Crippen LogP contribution in [-0.2, 0) is 6.42 Å². The van der Waals surface area contributed by atoms with Crippen molar-refractivity contribution in [2.24, 2.45) is 0 Å². The van der Waals surface area contributed by atoms with Crippen molar-refractivity contribution in [3.05, 3.63) is 65.4 Å². The molecule has 2 aromatic carbocycles. The van der Waals surface area contributed by atoms with Crippen LogP contribution >= 0.6 is 0 Å². The molecule has 1 amide bonds. The summed E-state index contributed by atoms with van der Waals surface area (Å²) >= 11 is 0. The lowest BCUT2D eigenvalue weighted by Crippen LogP contribution is -2.41. The molecule has 26 heavy (non-hydrogen) atoms. The number of amides is 1. The predicted molar refractivity (Wildman–Crippen MR) is 100 cm³/mol. The molecule has 1 atom stereocenters. The van der Waals surface area contributed by atoms with E-state index in [9.17, 15) is 9.90 Å². The summed E-state index contributed by atoms with van der Waals surface area (Å²) in [5.41, 5.74) is 3.64. The quantitative estimate of drug-likeness (QED) is 0.759. The van der Waals surface area contributed by atoms with Gasteiger partial charge in [0.1, 0.15) is 11.4 Å². The molecule has 2 heterocycles. The van der Waals surface area contributed by atoms with E-state index in [1.807, 2.05) is 49.4 Å². The van der Waals surface area contributed by atoms with Gasteiger partial charge in [-0.05, 0) is 42.7 Å². The molecule has 134 valence electrons. The normalized spacial score (nSPS) is 16.5. The maximum Gasteiger partial charge on any atom is 0.270 e. The topological polar surface area (TPSA) is 65.6 Å². The van der Waals surface area contributed by atoms with Crippen LogP contribution in [0.4, 0.5) is 0 Å². The maximum absolute atomic E-state index is 13.1. The molecule has 0 saturated heterocycles. The highest BCUT2D eigenvalue weighted by Crippen LogP contribution is 2.31. The lowest BCUT2D eigenvalue weighted by molar-refractivity contribution is 0.0564. The third-order valence-corrected chi connectivity index (χ3v) is 4.98. The fourth-order valence-corrected chi connectivity index (χ4v) is 3.72. The van der Waals surface area contributed by atoms with Crippen LogP contribution in [0.25, 0.3) is 10.9 Å². The average Bonchev–Trinajstić information content (AvgIpc) is 3.10. The van der Waals surface area contributed by atoms with Gasteiger partial charge in [-0.3, -0.25) is 4.79 Å². The van der Waals surface area contributed by atoms with Crippen molar-refractivity contribution in [3.63, 3.8) is 0 Å². The Balaban J connectivity index is 1.66. The summed E-state index contributed by atoms with van der Waals surface area (Å²) in [5, 5.41) is 10.9. The minimum atomic E-state index is -0.308. The molecule has 0 spiro atoms. The maximum atomic E-state index is 13.1. The van der Waals surface area contributed by atoms with Crippen molar-refractivity contribution in [2.45, 2.75) is 19.4 Å². The summed E-state index contributed by atoms with van der Waals surface area (Å²) < 4.78 is 5.53. The van der Waals surface area contributed by atoms with E-state index >= 15 is 0 Å². The minimum Gasteiger partial charge on any atom is -0.494 e. The molecular formula is C21H22N2O3. The molecule has 0 radical (unpaired) electrons. The van der Waals surface area contributed by atoms with Crippen molar-refractivity contribution >= 4 is 16.8 Å². The largest absolute Gasteiger partial charge is 0.494 e. The Kier molecular flexibility index (Phi) is 4.39. The molecule has 0 bridgehead atoms. The fraction of sp³-hybridized carbons (Fsp3) is 0.286. The van der Waals surface area contributed by atoms with Crippen molar-refractivity contribution in [2.75, 3.05) is 19.8 Å². The third-order valence-electron chi connectivity index (χ3n) is 4.98. The first-order valence-electron chi connectivity index (χ1n) is 8.96. The van der Waals surface area contributed by atoms with E-state index in [1.165, 1.54) is 5.56 Å². The van der Waals surface area contributed by atoms with E-state index in [4.69, 9.17) is 4.74 Å². The standard InChI is InChI=1S/C21H22N2O3/c1-2-26-16-8-7-15-11-19(22-18(15)12-16)21(25)23-10-9-14-5-3-4-6-17(14)20(23)13-24/h3-8,11-12,20,22,24H,2,9-10,13H2,1H3. The first-order valence-corrected chi connectivity index (χ1v) is 8.96. The van der Waals surface area contributed by atoms with Gasteiger partial charge in [0.15, 0.2) is 0 Å². The summed E-state index contributed by atoms with van der Waals surface area (Å²) in [4.78, 5) is 18.1. The van der Waals surface area contributed by atoms with Crippen molar-refractivity contribution in [1.29, 1.82) is 0 Å². The van der Waals surface area contributed by atoms with Crippen LogP contribution in [0, 0.1) is 0 Å². The fourth-order valence-electron chi connectivity index (χ4n) is 3.72. The van der Waals surface area contributed by atoms with E-state index in [1.54, 1.807) is 4.90 Å². The Morgan fingerprint density at radius 2 is 2.12 bits per heavy atom. The second-order valence-electron chi connectivity index (χ2n) is 6.51. The molecule has 4 rings (SSSR count). The van der Waals surface area contributed by atoms with Gasteiger partial charge in [0.25, 0.3) is 5.91 Å². The number of H-pyrrole nitrogens is 1. The summed E-state index contributed by atoms with van der Waals surface area (Å²) in [6.45, 7) is 3.05. The van der Waals surface area contributed by atoms with Crippen molar-refractivity contribution in [3.8, 4) is 5.75 Å². The highest BCUT2D eigenvalue weighted by Gasteiger charge is 2.31. The third kappa shape index (κ3) is 2.84. The minimum absolute atomic E-state index is 0.0858. The number of hydrogen-bond donors (Lipinski definition) is 2. The van der Waals surface area contributed by atoms with Crippen LogP contribution in [0.15, 0.2) is 48.5 Å². The van der Waals surface area contributed by atoms with Crippen LogP contribution in [0.2, 0.25) is 0 Å². The van der Waals surface area contributed by atoms with Gasteiger partial charge in [-0.1, -0.05) is 24.3 Å². The molecule has 1 aliphatic heterocycles. The molecule has 2 N–H and O–H groups in total. The number of aliphatic hydroxyl groups excluding tert-OH is 1. The van der Waals surface area contributed by atoms with Gasteiger partial charge in [-0.25, -0.2) is 0 Å². The number of nitrogens with one attached hydrogen (secondary N) is 1. The Labute approximate surface area is 152 Å². The predicted octanol–water partition coefficient (Wildman–Crippen LogP) is 3.30. The monoisotopic (exact) mass is 350 g/mol. The van der Waals surface area contributed by atoms with Gasteiger partial charge in [-0.2, -0.15) is 0 Å². The van der Waals surface area contributed by atoms with E-state index in [2.05, 4.69) is 11.1 Å². The lowest BCUT2D eigenvalue weighted by Gasteiger charge is -2.36. The molecule has 1 unspecified atom stereocenters. The van der Waals surface area contributed by atoms with Gasteiger partial charge in [0.2, 0.25) is 0 Å². The van der Waals surface area contributed by atoms with Gasteiger partial charge < -0.3 is 19.7 Å². The number of aromatic nitrogens is 1. The Morgan fingerprint density at radius 3 is 2.92 bits per heavy atom. The summed E-state index contributed by atoms with van der Waals surface area (Å²) in [5.74, 6) is 0.689. The zero-order chi connectivity index (χ0) is 18.1. The Bertz CT molecular complexity index is 947. The highest BCUT2D eigenvalue weighted by molar-refractivity contribution is 5.98. The number of nitrogens with zero attached hydrogens (tertiary/aromatic N) is 1. The van der Waals surface area contributed by atoms with Gasteiger partial charge in [-0.15, -0.1) is 0 Å². The number of rotatable bonds is 4. The van der Waals surface area contributed by atoms with E-state index in [-0.39, 0.29) is 18.6 Å². The number of aromatic amines is 1. The first-order chi connectivity index (χ1) is 12.7. The van der Waals surface area contributed by atoms with E-state index in [0.717, 1.165) is 28.6 Å². The zero-order valence-electron chi connectivity index (χ0n) is 14.7. The number of aliphatic hydroxyl groups is 1.